The quantitative estimate of drug-likeness (QED) is 0.752. The van der Waals surface area contributed by atoms with Crippen LogP contribution in [0.1, 0.15) is 23.1 Å². The van der Waals surface area contributed by atoms with E-state index < -0.39 is 5.97 Å². The fourth-order valence-corrected chi connectivity index (χ4v) is 1.30. The summed E-state index contributed by atoms with van der Waals surface area (Å²) in [5.41, 5.74) is 5.88. The minimum Gasteiger partial charge on any atom is -0.492 e. The molecule has 0 aliphatic rings. The third kappa shape index (κ3) is 2.66. The Hall–Kier alpha value is -2.24. The van der Waals surface area contributed by atoms with Crippen molar-refractivity contribution >= 4 is 17.4 Å². The van der Waals surface area contributed by atoms with Crippen LogP contribution in [0, 0.1) is 0 Å². The van der Waals surface area contributed by atoms with Gasteiger partial charge in [0.2, 0.25) is 0 Å². The van der Waals surface area contributed by atoms with Crippen molar-refractivity contribution in [2.24, 2.45) is 0 Å². The van der Waals surface area contributed by atoms with E-state index in [2.05, 4.69) is 11.6 Å². The van der Waals surface area contributed by atoms with Crippen molar-refractivity contribution in [3.63, 3.8) is 0 Å². The number of anilines is 1. The highest BCUT2D eigenvalue weighted by molar-refractivity contribution is 5.91. The highest BCUT2D eigenvalue weighted by atomic mass is 16.5. The first-order chi connectivity index (χ1) is 8.01. The molecular weight excluding hydrogens is 224 g/mol. The Bertz CT molecular complexity index is 457. The molecule has 0 aromatic carbocycles. The Balaban J connectivity index is 3.29. The predicted octanol–water partition coefficient (Wildman–Crippen LogP) is 1.38. The second kappa shape index (κ2) is 5.20. The van der Waals surface area contributed by atoms with Crippen LogP contribution in [0.15, 0.2) is 12.6 Å². The number of hydrogen-bond acceptors (Lipinski definition) is 5. The van der Waals surface area contributed by atoms with Gasteiger partial charge in [-0.1, -0.05) is 6.58 Å². The summed E-state index contributed by atoms with van der Waals surface area (Å²) in [5.74, 6) is -0.922. The molecule has 17 heavy (non-hydrogen) atoms. The zero-order valence-electron chi connectivity index (χ0n) is 9.69. The molecule has 3 N–H and O–H groups in total. The number of carboxylic acids is 1. The molecular formula is C11H14N2O4. The van der Waals surface area contributed by atoms with Gasteiger partial charge in [-0.25, -0.2) is 9.78 Å². The van der Waals surface area contributed by atoms with Crippen LogP contribution < -0.4 is 10.5 Å². The smallest absolute Gasteiger partial charge is 0.358 e. The van der Waals surface area contributed by atoms with Crippen molar-refractivity contribution < 1.29 is 19.4 Å². The number of aromatic carboxylic acids is 1. The summed E-state index contributed by atoms with van der Waals surface area (Å²) in [6.07, 6.45) is 0. The standard InChI is InChI=1S/C11H14N2O4/c1-4-17-6(2)8-5-7(12)10(16-3)9(13-8)11(14)15/h5H,2,4H2,1,3H3,(H2,12,13)(H,14,15). The van der Waals surface area contributed by atoms with Crippen LogP contribution in [-0.2, 0) is 4.74 Å². The van der Waals surface area contributed by atoms with Gasteiger partial charge in [-0.15, -0.1) is 0 Å². The van der Waals surface area contributed by atoms with Gasteiger partial charge in [0, 0.05) is 0 Å². The van der Waals surface area contributed by atoms with Crippen LogP contribution in [0.2, 0.25) is 0 Å². The molecule has 92 valence electrons. The number of carboxylic acid groups (broad SMARTS) is 1. The Labute approximate surface area is 98.7 Å². The van der Waals surface area contributed by atoms with E-state index in [1.807, 2.05) is 0 Å². The van der Waals surface area contributed by atoms with Crippen LogP contribution >= 0.6 is 0 Å². The van der Waals surface area contributed by atoms with Gasteiger partial charge in [-0.3, -0.25) is 0 Å². The van der Waals surface area contributed by atoms with E-state index in [-0.39, 0.29) is 28.6 Å². The SMILES string of the molecule is C=C(OCC)c1cc(N)c(OC)c(C(=O)O)n1. The molecule has 1 rings (SSSR count). The van der Waals surface area contributed by atoms with Crippen molar-refractivity contribution in [1.82, 2.24) is 4.98 Å². The summed E-state index contributed by atoms with van der Waals surface area (Å²) >= 11 is 0. The highest BCUT2D eigenvalue weighted by Crippen LogP contribution is 2.28. The van der Waals surface area contributed by atoms with E-state index in [0.29, 0.717) is 6.61 Å². The molecule has 6 nitrogen and oxygen atoms in total. The fraction of sp³-hybridized carbons (Fsp3) is 0.273. The number of hydrogen-bond donors (Lipinski definition) is 2. The summed E-state index contributed by atoms with van der Waals surface area (Å²) in [5, 5.41) is 8.99. The van der Waals surface area contributed by atoms with E-state index in [4.69, 9.17) is 20.3 Å². The molecule has 6 heteroatoms. The van der Waals surface area contributed by atoms with Gasteiger partial charge < -0.3 is 20.3 Å². The molecule has 0 aliphatic heterocycles. The Morgan fingerprint density at radius 3 is 2.76 bits per heavy atom. The Morgan fingerprint density at radius 2 is 2.29 bits per heavy atom. The first-order valence-electron chi connectivity index (χ1n) is 4.91. The second-order valence-electron chi connectivity index (χ2n) is 3.14. The number of nitrogens with two attached hydrogens (primary N) is 1. The number of aromatic nitrogens is 1. The normalized spacial score (nSPS) is 9.76. The number of methoxy groups -OCH3 is 1. The van der Waals surface area contributed by atoms with Gasteiger partial charge in [0.1, 0.15) is 11.5 Å². The maximum atomic E-state index is 11.0. The van der Waals surface area contributed by atoms with Crippen molar-refractivity contribution in [2.45, 2.75) is 6.92 Å². The minimum atomic E-state index is -1.22. The lowest BCUT2D eigenvalue weighted by molar-refractivity contribution is 0.0686. The maximum absolute atomic E-state index is 11.0. The van der Waals surface area contributed by atoms with Crippen molar-refractivity contribution in [3.8, 4) is 5.75 Å². The second-order valence-corrected chi connectivity index (χ2v) is 3.14. The summed E-state index contributed by atoms with van der Waals surface area (Å²) in [4.78, 5) is 14.9. The third-order valence-corrected chi connectivity index (χ3v) is 2.01. The molecule has 0 atom stereocenters. The molecule has 0 spiro atoms. The maximum Gasteiger partial charge on any atom is 0.358 e. The number of nitrogens with zero attached hydrogens (tertiary/aromatic N) is 1. The van der Waals surface area contributed by atoms with Crippen molar-refractivity contribution in [3.05, 3.63) is 24.0 Å². The number of carbonyl (C=O) groups is 1. The lowest BCUT2D eigenvalue weighted by atomic mass is 10.2. The van der Waals surface area contributed by atoms with E-state index in [1.165, 1.54) is 13.2 Å². The molecule has 0 aliphatic carbocycles. The van der Waals surface area contributed by atoms with Crippen LogP contribution in [-0.4, -0.2) is 29.8 Å². The molecule has 0 unspecified atom stereocenters. The third-order valence-electron chi connectivity index (χ3n) is 2.01. The molecule has 0 saturated heterocycles. The van der Waals surface area contributed by atoms with Crippen LogP contribution in [0.3, 0.4) is 0 Å². The van der Waals surface area contributed by atoms with E-state index in [9.17, 15) is 4.79 Å². The summed E-state index contributed by atoms with van der Waals surface area (Å²) < 4.78 is 10.0. The predicted molar refractivity (Wildman–Crippen MR) is 62.8 cm³/mol. The Morgan fingerprint density at radius 1 is 1.65 bits per heavy atom. The summed E-state index contributed by atoms with van der Waals surface area (Å²) in [7, 11) is 1.33. The lowest BCUT2D eigenvalue weighted by Gasteiger charge is -2.11. The molecule has 1 heterocycles. The van der Waals surface area contributed by atoms with Gasteiger partial charge in [0.15, 0.2) is 11.4 Å². The van der Waals surface area contributed by atoms with E-state index >= 15 is 0 Å². The first-order valence-corrected chi connectivity index (χ1v) is 4.91. The lowest BCUT2D eigenvalue weighted by Crippen LogP contribution is -2.09. The number of pyridine rings is 1. The molecule has 1 aromatic rings. The molecule has 0 amide bonds. The molecule has 0 saturated carbocycles. The highest BCUT2D eigenvalue weighted by Gasteiger charge is 2.18. The van der Waals surface area contributed by atoms with Crippen molar-refractivity contribution in [2.75, 3.05) is 19.5 Å². The minimum absolute atomic E-state index is 0.0329. The van der Waals surface area contributed by atoms with Gasteiger partial charge in [-0.05, 0) is 13.0 Å². The van der Waals surface area contributed by atoms with Gasteiger partial charge >= 0.3 is 5.97 Å². The average molecular weight is 238 g/mol. The summed E-state index contributed by atoms with van der Waals surface area (Å²) in [6.45, 7) is 5.84. The van der Waals surface area contributed by atoms with Crippen LogP contribution in [0.4, 0.5) is 5.69 Å². The average Bonchev–Trinajstić information content (AvgIpc) is 2.28. The number of ether oxygens (including phenoxy) is 2. The molecule has 1 aromatic heterocycles. The van der Waals surface area contributed by atoms with E-state index in [0.717, 1.165) is 0 Å². The number of rotatable bonds is 5. The molecule has 0 bridgehead atoms. The monoisotopic (exact) mass is 238 g/mol. The van der Waals surface area contributed by atoms with Gasteiger partial charge in [-0.2, -0.15) is 0 Å². The zero-order chi connectivity index (χ0) is 13.0. The number of nitrogen functional groups attached to an aromatic ring is 1. The fourth-order valence-electron chi connectivity index (χ4n) is 1.30. The summed E-state index contributed by atoms with van der Waals surface area (Å²) in [6, 6.07) is 1.46. The topological polar surface area (TPSA) is 94.7 Å². The van der Waals surface area contributed by atoms with Gasteiger partial charge in [0.05, 0.1) is 19.4 Å². The Kier molecular flexibility index (Phi) is 3.92. The van der Waals surface area contributed by atoms with Gasteiger partial charge in [0.25, 0.3) is 0 Å². The van der Waals surface area contributed by atoms with Crippen LogP contribution in [0.5, 0.6) is 5.75 Å². The zero-order valence-corrected chi connectivity index (χ0v) is 9.69. The van der Waals surface area contributed by atoms with Crippen molar-refractivity contribution in [1.29, 1.82) is 0 Å². The van der Waals surface area contributed by atoms with Crippen LogP contribution in [0.25, 0.3) is 5.76 Å². The molecule has 0 fully saturated rings. The first kappa shape index (κ1) is 12.8. The molecule has 0 radical (unpaired) electrons. The van der Waals surface area contributed by atoms with E-state index in [1.54, 1.807) is 6.92 Å². The largest absolute Gasteiger partial charge is 0.492 e.